The molecule has 0 heterocycles. The molecule has 2 heteroatoms. The SMILES string of the molecule is COCCCCC(C)(CNCC(C)C)C1CC1. The Bertz CT molecular complexity index is 201. The van der Waals surface area contributed by atoms with Crippen LogP contribution in [0.5, 0.6) is 0 Å². The summed E-state index contributed by atoms with van der Waals surface area (Å²) in [6.45, 7) is 10.3. The van der Waals surface area contributed by atoms with Gasteiger partial charge in [-0.3, -0.25) is 0 Å². The second-order valence-electron chi connectivity index (χ2n) is 6.40. The fourth-order valence-electron chi connectivity index (χ4n) is 2.64. The first kappa shape index (κ1) is 15.0. The van der Waals surface area contributed by atoms with Gasteiger partial charge in [0, 0.05) is 20.3 Å². The highest BCUT2D eigenvalue weighted by molar-refractivity contribution is 4.92. The maximum atomic E-state index is 5.13. The monoisotopic (exact) mass is 241 g/mol. The average Bonchev–Trinajstić information content (AvgIpc) is 3.08. The van der Waals surface area contributed by atoms with Crippen molar-refractivity contribution < 1.29 is 4.74 Å². The van der Waals surface area contributed by atoms with Gasteiger partial charge in [-0.1, -0.05) is 27.2 Å². The molecule has 1 fully saturated rings. The Morgan fingerprint density at radius 1 is 1.29 bits per heavy atom. The summed E-state index contributed by atoms with van der Waals surface area (Å²) in [5.74, 6) is 1.73. The minimum absolute atomic E-state index is 0.530. The van der Waals surface area contributed by atoms with Gasteiger partial charge in [0.05, 0.1) is 0 Å². The van der Waals surface area contributed by atoms with E-state index in [1.807, 2.05) is 0 Å². The molecule has 0 aliphatic heterocycles. The molecule has 1 atom stereocenters. The molecule has 0 saturated heterocycles. The highest BCUT2D eigenvalue weighted by Gasteiger charge is 2.40. The number of nitrogens with one attached hydrogen (secondary N) is 1. The van der Waals surface area contributed by atoms with E-state index in [0.29, 0.717) is 5.41 Å². The Morgan fingerprint density at radius 3 is 2.53 bits per heavy atom. The summed E-state index contributed by atoms with van der Waals surface area (Å²) >= 11 is 0. The summed E-state index contributed by atoms with van der Waals surface area (Å²) in [5, 5.41) is 3.66. The highest BCUT2D eigenvalue weighted by Crippen LogP contribution is 2.48. The Labute approximate surface area is 108 Å². The third-order valence-corrected chi connectivity index (χ3v) is 3.99. The topological polar surface area (TPSA) is 21.3 Å². The van der Waals surface area contributed by atoms with E-state index < -0.39 is 0 Å². The molecule has 0 aromatic rings. The number of hydrogen-bond acceptors (Lipinski definition) is 2. The molecule has 0 radical (unpaired) electrons. The average molecular weight is 241 g/mol. The van der Waals surface area contributed by atoms with Gasteiger partial charge in [0.2, 0.25) is 0 Å². The van der Waals surface area contributed by atoms with Gasteiger partial charge in [0.15, 0.2) is 0 Å². The first-order valence-corrected chi connectivity index (χ1v) is 7.28. The number of unbranched alkanes of at least 4 members (excludes halogenated alkanes) is 1. The summed E-state index contributed by atoms with van der Waals surface area (Å²) < 4.78 is 5.13. The van der Waals surface area contributed by atoms with Gasteiger partial charge >= 0.3 is 0 Å². The molecule has 1 saturated carbocycles. The van der Waals surface area contributed by atoms with Gasteiger partial charge in [0.25, 0.3) is 0 Å². The van der Waals surface area contributed by atoms with Crippen molar-refractivity contribution in [1.29, 1.82) is 0 Å². The van der Waals surface area contributed by atoms with Crippen molar-refractivity contribution in [2.24, 2.45) is 17.3 Å². The van der Waals surface area contributed by atoms with E-state index in [-0.39, 0.29) is 0 Å². The summed E-state index contributed by atoms with van der Waals surface area (Å²) in [6, 6.07) is 0. The van der Waals surface area contributed by atoms with Crippen molar-refractivity contribution in [3.8, 4) is 0 Å². The van der Waals surface area contributed by atoms with Crippen molar-refractivity contribution in [1.82, 2.24) is 5.32 Å². The lowest BCUT2D eigenvalue weighted by Crippen LogP contribution is -2.35. The Balaban J connectivity index is 2.24. The number of ether oxygens (including phenoxy) is 1. The van der Waals surface area contributed by atoms with Crippen molar-refractivity contribution in [2.45, 2.75) is 52.9 Å². The first-order valence-electron chi connectivity index (χ1n) is 7.28. The molecule has 1 N–H and O–H groups in total. The zero-order chi connectivity index (χ0) is 12.7. The van der Waals surface area contributed by atoms with Crippen LogP contribution >= 0.6 is 0 Å². The van der Waals surface area contributed by atoms with Crippen molar-refractivity contribution in [3.63, 3.8) is 0 Å². The van der Waals surface area contributed by atoms with Crippen molar-refractivity contribution in [3.05, 3.63) is 0 Å². The van der Waals surface area contributed by atoms with E-state index in [1.54, 1.807) is 7.11 Å². The molecule has 0 aromatic carbocycles. The fraction of sp³-hybridized carbons (Fsp3) is 1.00. The third-order valence-electron chi connectivity index (χ3n) is 3.99. The van der Waals surface area contributed by atoms with Crippen molar-refractivity contribution in [2.75, 3.05) is 26.8 Å². The Hall–Kier alpha value is -0.0800. The van der Waals surface area contributed by atoms with E-state index in [0.717, 1.165) is 25.0 Å². The molecule has 1 unspecified atom stereocenters. The Kier molecular flexibility index (Phi) is 6.50. The molecule has 2 nitrogen and oxygen atoms in total. The summed E-state index contributed by atoms with van der Waals surface area (Å²) in [6.07, 6.45) is 6.77. The smallest absolute Gasteiger partial charge is 0.0462 e. The lowest BCUT2D eigenvalue weighted by Gasteiger charge is -2.30. The van der Waals surface area contributed by atoms with Gasteiger partial charge in [-0.15, -0.1) is 0 Å². The fourth-order valence-corrected chi connectivity index (χ4v) is 2.64. The maximum absolute atomic E-state index is 5.13. The molecule has 1 aliphatic rings. The number of hydrogen-bond donors (Lipinski definition) is 1. The van der Waals surface area contributed by atoms with E-state index >= 15 is 0 Å². The zero-order valence-electron chi connectivity index (χ0n) is 12.2. The zero-order valence-corrected chi connectivity index (χ0v) is 12.2. The minimum Gasteiger partial charge on any atom is -0.385 e. The van der Waals surface area contributed by atoms with Gasteiger partial charge in [0.1, 0.15) is 0 Å². The summed E-state index contributed by atoms with van der Waals surface area (Å²) in [5.41, 5.74) is 0.530. The van der Waals surface area contributed by atoms with Gasteiger partial charge in [-0.25, -0.2) is 0 Å². The molecule has 0 bridgehead atoms. The molecule has 17 heavy (non-hydrogen) atoms. The summed E-state index contributed by atoms with van der Waals surface area (Å²) in [4.78, 5) is 0. The van der Waals surface area contributed by atoms with Crippen LogP contribution in [0.2, 0.25) is 0 Å². The largest absolute Gasteiger partial charge is 0.385 e. The molecule has 1 rings (SSSR count). The predicted molar refractivity (Wildman–Crippen MR) is 74.3 cm³/mol. The number of methoxy groups -OCH3 is 1. The lowest BCUT2D eigenvalue weighted by molar-refractivity contribution is 0.175. The standard InChI is InChI=1S/C15H31NO/c1-13(2)11-16-12-15(3,14-7-8-14)9-5-6-10-17-4/h13-14,16H,5-12H2,1-4H3. The molecule has 0 spiro atoms. The molecular weight excluding hydrogens is 210 g/mol. The summed E-state index contributed by atoms with van der Waals surface area (Å²) in [7, 11) is 1.80. The van der Waals surface area contributed by atoms with E-state index in [9.17, 15) is 0 Å². The highest BCUT2D eigenvalue weighted by atomic mass is 16.5. The van der Waals surface area contributed by atoms with E-state index in [4.69, 9.17) is 4.74 Å². The number of rotatable bonds is 10. The third kappa shape index (κ3) is 5.87. The van der Waals surface area contributed by atoms with Crippen LogP contribution in [0.1, 0.15) is 52.9 Å². The first-order chi connectivity index (χ1) is 8.08. The van der Waals surface area contributed by atoms with Crippen LogP contribution in [0, 0.1) is 17.3 Å². The van der Waals surface area contributed by atoms with Crippen LogP contribution in [-0.2, 0) is 4.74 Å². The van der Waals surface area contributed by atoms with Crippen molar-refractivity contribution >= 4 is 0 Å². The van der Waals surface area contributed by atoms with Crippen LogP contribution in [0.15, 0.2) is 0 Å². The van der Waals surface area contributed by atoms with Crippen LogP contribution in [0.3, 0.4) is 0 Å². The molecule has 1 aliphatic carbocycles. The van der Waals surface area contributed by atoms with Crippen LogP contribution in [-0.4, -0.2) is 26.8 Å². The predicted octanol–water partition coefficient (Wildman–Crippen LogP) is 3.47. The maximum Gasteiger partial charge on any atom is 0.0462 e. The van der Waals surface area contributed by atoms with E-state index in [1.165, 1.54) is 38.6 Å². The second-order valence-corrected chi connectivity index (χ2v) is 6.40. The van der Waals surface area contributed by atoms with Crippen LogP contribution < -0.4 is 5.32 Å². The normalized spacial score (nSPS) is 19.6. The lowest BCUT2D eigenvalue weighted by atomic mass is 9.80. The van der Waals surface area contributed by atoms with E-state index in [2.05, 4.69) is 26.1 Å². The van der Waals surface area contributed by atoms with Gasteiger partial charge < -0.3 is 10.1 Å². The molecule has 0 amide bonds. The Morgan fingerprint density at radius 2 is 2.00 bits per heavy atom. The molecule has 102 valence electrons. The van der Waals surface area contributed by atoms with Crippen LogP contribution in [0.25, 0.3) is 0 Å². The molecular formula is C15H31NO. The molecule has 0 aromatic heterocycles. The second kappa shape index (κ2) is 7.38. The van der Waals surface area contributed by atoms with Gasteiger partial charge in [-0.2, -0.15) is 0 Å². The minimum atomic E-state index is 0.530. The quantitative estimate of drug-likeness (QED) is 0.591. The van der Waals surface area contributed by atoms with Crippen LogP contribution in [0.4, 0.5) is 0 Å². The van der Waals surface area contributed by atoms with Gasteiger partial charge in [-0.05, 0) is 49.5 Å².